The molecule has 126 valence electrons. The number of hydrogen-bond acceptors (Lipinski definition) is 8. The highest BCUT2D eigenvalue weighted by Crippen LogP contribution is 2.35. The summed E-state index contributed by atoms with van der Waals surface area (Å²) in [5.74, 6) is 0.361. The number of aryl methyl sites for hydroxylation is 1. The predicted octanol–water partition coefficient (Wildman–Crippen LogP) is -0.872. The maximum atomic E-state index is 10.4. The van der Waals surface area contributed by atoms with E-state index in [0.717, 1.165) is 5.69 Å². The number of nitrogens with zero attached hydrogens (tertiary/aromatic N) is 3. The summed E-state index contributed by atoms with van der Waals surface area (Å²) in [4.78, 5) is 8.23. The summed E-state index contributed by atoms with van der Waals surface area (Å²) in [6, 6.07) is 1.87. The number of aliphatic hydroxyl groups excluding tert-OH is 2. The molecule has 2 aromatic rings. The monoisotopic (exact) mass is 323 g/mol. The molecule has 3 rings (SSSR count). The normalized spacial score (nSPS) is 27.8. The van der Waals surface area contributed by atoms with E-state index in [0.29, 0.717) is 23.3 Å². The smallest absolute Gasteiger partial charge is 0.164 e. The Hall–Kier alpha value is -1.78. The molecule has 6 N–H and O–H groups in total. The Morgan fingerprint density at radius 1 is 1.35 bits per heavy atom. The van der Waals surface area contributed by atoms with E-state index < -0.39 is 24.5 Å². The van der Waals surface area contributed by atoms with Crippen LogP contribution < -0.4 is 11.5 Å². The first kappa shape index (κ1) is 16.1. The molecule has 4 atom stereocenters. The van der Waals surface area contributed by atoms with Gasteiger partial charge in [-0.15, -0.1) is 0 Å². The third kappa shape index (κ3) is 2.66. The molecular formula is C14H21N5O4. The van der Waals surface area contributed by atoms with E-state index in [2.05, 4.69) is 9.97 Å². The summed E-state index contributed by atoms with van der Waals surface area (Å²) < 4.78 is 12.6. The van der Waals surface area contributed by atoms with E-state index in [1.54, 1.807) is 4.57 Å². The second kappa shape index (κ2) is 6.38. The van der Waals surface area contributed by atoms with Crippen molar-refractivity contribution in [3.63, 3.8) is 0 Å². The number of nitrogen functional groups attached to an aromatic ring is 1. The molecule has 0 saturated carbocycles. The Bertz CT molecular complexity index is 691. The zero-order valence-corrected chi connectivity index (χ0v) is 12.8. The van der Waals surface area contributed by atoms with Gasteiger partial charge in [-0.1, -0.05) is 6.92 Å². The molecule has 1 aliphatic heterocycles. The molecule has 1 fully saturated rings. The van der Waals surface area contributed by atoms with Crippen LogP contribution in [0.15, 0.2) is 12.4 Å². The molecule has 0 spiro atoms. The molecule has 0 aromatic carbocycles. The van der Waals surface area contributed by atoms with Crippen molar-refractivity contribution in [2.24, 2.45) is 5.73 Å². The fourth-order valence-electron chi connectivity index (χ4n) is 2.92. The standard InChI is InChI=1S/C14H21N5O4/c1-2-7-3-8-12(16)17-6-18-13(8)19(7)14-11(21)10(20)9(23-14)4-22-5-15/h3,6,9-11,14,20-21H,2,4-5,15H2,1H3,(H2,16,17,18). The van der Waals surface area contributed by atoms with Crippen molar-refractivity contribution in [3.05, 3.63) is 18.1 Å². The lowest BCUT2D eigenvalue weighted by molar-refractivity contribution is -0.0652. The highest BCUT2D eigenvalue weighted by molar-refractivity contribution is 5.87. The Morgan fingerprint density at radius 3 is 2.83 bits per heavy atom. The number of hydrogen-bond donors (Lipinski definition) is 4. The Labute approximate surface area is 132 Å². The number of nitrogens with two attached hydrogens (primary N) is 2. The predicted molar refractivity (Wildman–Crippen MR) is 82.2 cm³/mol. The maximum absolute atomic E-state index is 10.4. The van der Waals surface area contributed by atoms with Gasteiger partial charge in [0.2, 0.25) is 0 Å². The van der Waals surface area contributed by atoms with Crippen molar-refractivity contribution in [1.82, 2.24) is 14.5 Å². The summed E-state index contributed by atoms with van der Waals surface area (Å²) >= 11 is 0. The molecule has 1 aliphatic rings. The largest absolute Gasteiger partial charge is 0.387 e. The minimum Gasteiger partial charge on any atom is -0.387 e. The number of aliphatic hydroxyl groups is 2. The van der Waals surface area contributed by atoms with Gasteiger partial charge in [0, 0.05) is 5.69 Å². The van der Waals surface area contributed by atoms with E-state index in [1.165, 1.54) is 6.33 Å². The summed E-state index contributed by atoms with van der Waals surface area (Å²) in [6.45, 7) is 2.09. The summed E-state index contributed by atoms with van der Waals surface area (Å²) in [5, 5.41) is 21.3. The van der Waals surface area contributed by atoms with Gasteiger partial charge in [0.1, 0.15) is 36.1 Å². The van der Waals surface area contributed by atoms with Crippen LogP contribution in [0.25, 0.3) is 11.0 Å². The van der Waals surface area contributed by atoms with Gasteiger partial charge in [-0.3, -0.25) is 0 Å². The number of ether oxygens (including phenoxy) is 2. The van der Waals surface area contributed by atoms with E-state index in [-0.39, 0.29) is 13.3 Å². The maximum Gasteiger partial charge on any atom is 0.164 e. The first-order valence-electron chi connectivity index (χ1n) is 7.48. The minimum atomic E-state index is -1.11. The fraction of sp³-hybridized carbons (Fsp3) is 0.571. The molecule has 9 heteroatoms. The average molecular weight is 323 g/mol. The van der Waals surface area contributed by atoms with Crippen LogP contribution in [0.5, 0.6) is 0 Å². The van der Waals surface area contributed by atoms with Crippen LogP contribution in [0.2, 0.25) is 0 Å². The zero-order valence-electron chi connectivity index (χ0n) is 12.8. The average Bonchev–Trinajstić information content (AvgIpc) is 3.05. The zero-order chi connectivity index (χ0) is 16.6. The summed E-state index contributed by atoms with van der Waals surface area (Å²) in [5.41, 5.74) is 12.6. The first-order chi connectivity index (χ1) is 11.1. The van der Waals surface area contributed by atoms with Crippen molar-refractivity contribution >= 4 is 16.9 Å². The van der Waals surface area contributed by atoms with E-state index in [1.807, 2.05) is 13.0 Å². The first-order valence-corrected chi connectivity index (χ1v) is 7.48. The number of aromatic nitrogens is 3. The Kier molecular flexibility index (Phi) is 4.46. The molecule has 1 saturated heterocycles. The number of anilines is 1. The fourth-order valence-corrected chi connectivity index (χ4v) is 2.92. The van der Waals surface area contributed by atoms with Gasteiger partial charge < -0.3 is 35.7 Å². The molecule has 0 amide bonds. The highest BCUT2D eigenvalue weighted by Gasteiger charge is 2.44. The minimum absolute atomic E-state index is 0.0176. The van der Waals surface area contributed by atoms with Crippen molar-refractivity contribution < 1.29 is 19.7 Å². The molecule has 23 heavy (non-hydrogen) atoms. The van der Waals surface area contributed by atoms with Gasteiger partial charge in [0.05, 0.1) is 18.7 Å². The number of rotatable bonds is 5. The van der Waals surface area contributed by atoms with Crippen molar-refractivity contribution in [1.29, 1.82) is 0 Å². The van der Waals surface area contributed by atoms with Crippen LogP contribution in [-0.4, -0.2) is 56.4 Å². The number of fused-ring (bicyclic) bond motifs is 1. The van der Waals surface area contributed by atoms with E-state index in [4.69, 9.17) is 20.9 Å². The lowest BCUT2D eigenvalue weighted by Crippen LogP contribution is -2.34. The molecular weight excluding hydrogens is 302 g/mol. The van der Waals surface area contributed by atoms with Gasteiger partial charge in [0.25, 0.3) is 0 Å². The van der Waals surface area contributed by atoms with Crippen LogP contribution in [0.3, 0.4) is 0 Å². The highest BCUT2D eigenvalue weighted by atomic mass is 16.6. The lowest BCUT2D eigenvalue weighted by Gasteiger charge is -2.20. The van der Waals surface area contributed by atoms with E-state index >= 15 is 0 Å². The van der Waals surface area contributed by atoms with Crippen LogP contribution in [0, 0.1) is 0 Å². The topological polar surface area (TPSA) is 142 Å². The Morgan fingerprint density at radius 2 is 2.13 bits per heavy atom. The van der Waals surface area contributed by atoms with Crippen LogP contribution in [0.4, 0.5) is 5.82 Å². The quantitative estimate of drug-likeness (QED) is 0.520. The van der Waals surface area contributed by atoms with Gasteiger partial charge in [-0.2, -0.15) is 0 Å². The third-order valence-electron chi connectivity index (χ3n) is 4.10. The van der Waals surface area contributed by atoms with Crippen LogP contribution in [0.1, 0.15) is 18.8 Å². The van der Waals surface area contributed by atoms with Crippen molar-refractivity contribution in [2.75, 3.05) is 19.1 Å². The van der Waals surface area contributed by atoms with Crippen molar-refractivity contribution in [3.8, 4) is 0 Å². The van der Waals surface area contributed by atoms with Gasteiger partial charge in [-0.25, -0.2) is 9.97 Å². The molecule has 9 nitrogen and oxygen atoms in total. The van der Waals surface area contributed by atoms with Gasteiger partial charge in [-0.05, 0) is 12.5 Å². The molecule has 3 heterocycles. The summed E-state index contributed by atoms with van der Waals surface area (Å²) in [6.07, 6.45) is -1.59. The van der Waals surface area contributed by atoms with Crippen LogP contribution in [-0.2, 0) is 15.9 Å². The molecule has 2 aromatic heterocycles. The SMILES string of the molecule is CCc1cc2c(N)ncnc2n1C1OC(COCN)C(O)C1O. The summed E-state index contributed by atoms with van der Waals surface area (Å²) in [7, 11) is 0. The second-order valence-electron chi connectivity index (χ2n) is 5.44. The second-order valence-corrected chi connectivity index (χ2v) is 5.44. The third-order valence-corrected chi connectivity index (χ3v) is 4.10. The van der Waals surface area contributed by atoms with Crippen LogP contribution >= 0.6 is 0 Å². The molecule has 0 aliphatic carbocycles. The van der Waals surface area contributed by atoms with Gasteiger partial charge in [0.15, 0.2) is 6.23 Å². The van der Waals surface area contributed by atoms with Gasteiger partial charge >= 0.3 is 0 Å². The van der Waals surface area contributed by atoms with E-state index in [9.17, 15) is 10.2 Å². The lowest BCUT2D eigenvalue weighted by atomic mass is 10.1. The Balaban J connectivity index is 2.01. The molecule has 0 bridgehead atoms. The molecule has 0 radical (unpaired) electrons. The van der Waals surface area contributed by atoms with Crippen molar-refractivity contribution in [2.45, 2.75) is 37.9 Å². The molecule has 4 unspecified atom stereocenters.